The summed E-state index contributed by atoms with van der Waals surface area (Å²) in [7, 11) is 0. The van der Waals surface area contributed by atoms with Gasteiger partial charge in [-0.1, -0.05) is 6.92 Å². The third-order valence-electron chi connectivity index (χ3n) is 6.30. The molecule has 164 valence electrons. The van der Waals surface area contributed by atoms with Gasteiger partial charge >= 0.3 is 5.97 Å². The second kappa shape index (κ2) is 8.96. The molecule has 0 bridgehead atoms. The molecular weight excluding hydrogens is 396 g/mol. The van der Waals surface area contributed by atoms with E-state index < -0.39 is 5.97 Å². The molecule has 2 heterocycles. The van der Waals surface area contributed by atoms with E-state index in [1.54, 1.807) is 29.2 Å². The topological polar surface area (TPSA) is 99.9 Å². The van der Waals surface area contributed by atoms with Crippen LogP contribution >= 0.6 is 0 Å². The fourth-order valence-corrected chi connectivity index (χ4v) is 4.12. The zero-order chi connectivity index (χ0) is 22.0. The van der Waals surface area contributed by atoms with Crippen LogP contribution in [0.4, 0.5) is 5.69 Å². The van der Waals surface area contributed by atoms with Gasteiger partial charge in [-0.3, -0.25) is 14.4 Å². The van der Waals surface area contributed by atoms with Crippen LogP contribution in [0.25, 0.3) is 0 Å². The number of carboxylic acids is 1. The largest absolute Gasteiger partial charge is 0.481 e. The number of hydrogen-bond donors (Lipinski definition) is 2. The van der Waals surface area contributed by atoms with Gasteiger partial charge in [-0.2, -0.15) is 0 Å². The van der Waals surface area contributed by atoms with Gasteiger partial charge in [0.2, 0.25) is 5.91 Å². The molecule has 1 saturated heterocycles. The molecule has 2 amide bonds. The van der Waals surface area contributed by atoms with Crippen molar-refractivity contribution >= 4 is 23.5 Å². The van der Waals surface area contributed by atoms with Gasteiger partial charge in [-0.15, -0.1) is 0 Å². The molecule has 2 N–H and O–H groups in total. The lowest BCUT2D eigenvalue weighted by Crippen LogP contribution is -2.40. The van der Waals surface area contributed by atoms with Gasteiger partial charge in [0, 0.05) is 43.1 Å². The van der Waals surface area contributed by atoms with Crippen LogP contribution in [0.3, 0.4) is 0 Å². The van der Waals surface area contributed by atoms with Crippen molar-refractivity contribution in [3.8, 4) is 0 Å². The number of nitrogens with zero attached hydrogens (tertiary/aromatic N) is 1. The lowest BCUT2D eigenvalue weighted by Gasteiger charge is -2.30. The van der Waals surface area contributed by atoms with Crippen LogP contribution in [0.1, 0.15) is 60.4 Å². The summed E-state index contributed by atoms with van der Waals surface area (Å²) in [5, 5.41) is 11.9. The molecule has 4 rings (SSSR count). The fraction of sp³-hybridized carbons (Fsp3) is 0.458. The van der Waals surface area contributed by atoms with E-state index in [4.69, 9.17) is 9.52 Å². The quantitative estimate of drug-likeness (QED) is 0.702. The number of nitrogens with one attached hydrogen (secondary N) is 1. The minimum atomic E-state index is -0.794. The molecule has 2 fully saturated rings. The number of benzene rings is 1. The van der Waals surface area contributed by atoms with Crippen LogP contribution in [-0.2, 0) is 16.0 Å². The van der Waals surface area contributed by atoms with Gasteiger partial charge < -0.3 is 19.7 Å². The van der Waals surface area contributed by atoms with Crippen molar-refractivity contribution in [3.05, 3.63) is 53.5 Å². The normalized spacial score (nSPS) is 21.0. The molecule has 1 saturated carbocycles. The summed E-state index contributed by atoms with van der Waals surface area (Å²) in [5.74, 6) is 1.70. The van der Waals surface area contributed by atoms with Gasteiger partial charge in [0.25, 0.3) is 5.91 Å². The van der Waals surface area contributed by atoms with Crippen LogP contribution in [-0.4, -0.2) is 40.9 Å². The zero-order valence-electron chi connectivity index (χ0n) is 17.7. The van der Waals surface area contributed by atoms with E-state index in [2.05, 4.69) is 12.2 Å². The fourth-order valence-electron chi connectivity index (χ4n) is 4.12. The Morgan fingerprint density at radius 2 is 1.77 bits per heavy atom. The number of carbonyl (C=O) groups excluding carboxylic acids is 2. The minimum absolute atomic E-state index is 0.104. The maximum atomic E-state index is 12.6. The second-order valence-corrected chi connectivity index (χ2v) is 8.65. The number of likely N-dealkylation sites (tertiary alicyclic amines) is 1. The predicted octanol–water partition coefficient (Wildman–Crippen LogP) is 3.91. The van der Waals surface area contributed by atoms with Crippen LogP contribution in [0.5, 0.6) is 0 Å². The summed E-state index contributed by atoms with van der Waals surface area (Å²) in [5.41, 5.74) is 1.17. The van der Waals surface area contributed by atoms with Gasteiger partial charge in [-0.25, -0.2) is 0 Å². The smallest absolute Gasteiger partial charge is 0.306 e. The maximum absolute atomic E-state index is 12.6. The average molecular weight is 424 g/mol. The van der Waals surface area contributed by atoms with Crippen LogP contribution in [0.2, 0.25) is 0 Å². The van der Waals surface area contributed by atoms with E-state index in [0.717, 1.165) is 11.5 Å². The maximum Gasteiger partial charge on any atom is 0.306 e. The highest BCUT2D eigenvalue weighted by Crippen LogP contribution is 2.47. The Balaban J connectivity index is 1.24. The van der Waals surface area contributed by atoms with Gasteiger partial charge in [0.15, 0.2) is 0 Å². The van der Waals surface area contributed by atoms with Gasteiger partial charge in [0.05, 0.1) is 5.92 Å². The third kappa shape index (κ3) is 5.16. The van der Waals surface area contributed by atoms with Crippen LogP contribution < -0.4 is 5.32 Å². The number of amides is 2. The Kier molecular flexibility index (Phi) is 6.11. The van der Waals surface area contributed by atoms with Crippen molar-refractivity contribution in [1.29, 1.82) is 0 Å². The van der Waals surface area contributed by atoms with E-state index in [1.807, 2.05) is 12.1 Å². The zero-order valence-corrected chi connectivity index (χ0v) is 17.7. The Hall–Kier alpha value is -3.09. The number of aliphatic carboxylic acids is 1. The molecule has 1 aromatic heterocycles. The number of rotatable bonds is 7. The van der Waals surface area contributed by atoms with Gasteiger partial charge in [-0.05, 0) is 61.6 Å². The Bertz CT molecular complexity index is 957. The van der Waals surface area contributed by atoms with Gasteiger partial charge in [0.1, 0.15) is 11.5 Å². The summed E-state index contributed by atoms with van der Waals surface area (Å²) in [6, 6.07) is 10.8. The molecule has 31 heavy (non-hydrogen) atoms. The molecule has 2 aliphatic rings. The highest BCUT2D eigenvalue weighted by molar-refractivity contribution is 5.96. The molecule has 0 spiro atoms. The molecule has 1 aromatic carbocycles. The monoisotopic (exact) mass is 424 g/mol. The van der Waals surface area contributed by atoms with Crippen LogP contribution in [0, 0.1) is 11.8 Å². The predicted molar refractivity (Wildman–Crippen MR) is 115 cm³/mol. The third-order valence-corrected chi connectivity index (χ3v) is 6.30. The SMILES string of the molecule is C[C@H]1C[C@H]1c1ccc(CCC(=O)Nc2ccc(C(=O)N3CCC(C(=O)O)CC3)cc2)o1. The number of aryl methyl sites for hydroxylation is 1. The average Bonchev–Trinajstić information content (AvgIpc) is 3.31. The summed E-state index contributed by atoms with van der Waals surface area (Å²) >= 11 is 0. The molecule has 0 radical (unpaired) electrons. The Labute approximate surface area is 181 Å². The van der Waals surface area contributed by atoms with Crippen molar-refractivity contribution in [1.82, 2.24) is 4.90 Å². The minimum Gasteiger partial charge on any atom is -0.481 e. The van der Waals surface area contributed by atoms with E-state index in [1.165, 1.54) is 6.42 Å². The summed E-state index contributed by atoms with van der Waals surface area (Å²) in [6.07, 6.45) is 3.01. The van der Waals surface area contributed by atoms with E-state index in [9.17, 15) is 14.4 Å². The van der Waals surface area contributed by atoms with Crippen molar-refractivity contribution in [2.45, 2.75) is 44.9 Å². The highest BCUT2D eigenvalue weighted by atomic mass is 16.4. The lowest BCUT2D eigenvalue weighted by molar-refractivity contribution is -0.143. The molecular formula is C24H28N2O5. The van der Waals surface area contributed by atoms with E-state index in [0.29, 0.717) is 61.9 Å². The first-order valence-electron chi connectivity index (χ1n) is 10.9. The Morgan fingerprint density at radius 3 is 2.39 bits per heavy atom. The first-order valence-corrected chi connectivity index (χ1v) is 10.9. The molecule has 2 atom stereocenters. The van der Waals surface area contributed by atoms with Crippen molar-refractivity contribution in [2.24, 2.45) is 11.8 Å². The van der Waals surface area contributed by atoms with E-state index >= 15 is 0 Å². The molecule has 7 nitrogen and oxygen atoms in total. The number of piperidine rings is 1. The Morgan fingerprint density at radius 1 is 1.10 bits per heavy atom. The molecule has 7 heteroatoms. The first-order chi connectivity index (χ1) is 14.9. The van der Waals surface area contributed by atoms with E-state index in [-0.39, 0.29) is 17.7 Å². The molecule has 1 aliphatic heterocycles. The number of furan rings is 1. The summed E-state index contributed by atoms with van der Waals surface area (Å²) in [4.78, 5) is 37.6. The summed E-state index contributed by atoms with van der Waals surface area (Å²) < 4.78 is 5.84. The number of carboxylic acid groups (broad SMARTS) is 1. The van der Waals surface area contributed by atoms with Crippen molar-refractivity contribution in [2.75, 3.05) is 18.4 Å². The second-order valence-electron chi connectivity index (χ2n) is 8.65. The molecule has 2 aromatic rings. The number of anilines is 1. The first kappa shape index (κ1) is 21.2. The highest BCUT2D eigenvalue weighted by Gasteiger charge is 2.36. The van der Waals surface area contributed by atoms with Crippen molar-refractivity contribution < 1.29 is 23.9 Å². The number of hydrogen-bond acceptors (Lipinski definition) is 4. The number of carbonyl (C=O) groups is 3. The van der Waals surface area contributed by atoms with Crippen molar-refractivity contribution in [3.63, 3.8) is 0 Å². The molecule has 0 unspecified atom stereocenters. The lowest BCUT2D eigenvalue weighted by atomic mass is 9.96. The summed E-state index contributed by atoms with van der Waals surface area (Å²) in [6.45, 7) is 3.10. The molecule has 1 aliphatic carbocycles. The standard InChI is InChI=1S/C24H28N2O5/c1-15-14-20(15)21-8-6-19(31-21)7-9-22(27)25-18-4-2-16(3-5-18)23(28)26-12-10-17(11-13-26)24(29)30/h2-6,8,15,17,20H,7,9-14H2,1H3,(H,25,27)(H,29,30)/t15-,20+/m0/s1. The van der Waals surface area contributed by atoms with Crippen LogP contribution in [0.15, 0.2) is 40.8 Å².